The van der Waals surface area contributed by atoms with Crippen molar-refractivity contribution in [1.82, 2.24) is 5.32 Å². The van der Waals surface area contributed by atoms with Crippen molar-refractivity contribution in [1.29, 1.82) is 5.26 Å². The minimum absolute atomic E-state index is 0.130. The van der Waals surface area contributed by atoms with E-state index in [1.165, 1.54) is 5.56 Å². The molecular weight excluding hydrogens is 260 g/mol. The standard InChI is InChI=1S/C18H24N2O/c1-14(2)12-15-6-8-16(9-7-15)17(21)20-18(13-19)10-4-3-5-11-18/h6-9,14H,3-5,10-12H2,1-2H3,(H,20,21). The zero-order valence-electron chi connectivity index (χ0n) is 13.0. The van der Waals surface area contributed by atoms with Crippen LogP contribution in [-0.4, -0.2) is 11.4 Å². The van der Waals surface area contributed by atoms with Gasteiger partial charge in [0, 0.05) is 5.56 Å². The van der Waals surface area contributed by atoms with E-state index in [9.17, 15) is 10.1 Å². The molecule has 1 saturated carbocycles. The number of benzene rings is 1. The molecule has 0 saturated heterocycles. The maximum atomic E-state index is 12.3. The van der Waals surface area contributed by atoms with Gasteiger partial charge in [-0.1, -0.05) is 45.2 Å². The van der Waals surface area contributed by atoms with Crippen LogP contribution in [0.1, 0.15) is 61.9 Å². The molecule has 0 heterocycles. The Hall–Kier alpha value is -1.82. The van der Waals surface area contributed by atoms with E-state index >= 15 is 0 Å². The Morgan fingerprint density at radius 2 is 1.86 bits per heavy atom. The number of carbonyl (C=O) groups is 1. The fourth-order valence-electron chi connectivity index (χ4n) is 2.97. The van der Waals surface area contributed by atoms with Crippen molar-refractivity contribution in [3.8, 4) is 6.07 Å². The first kappa shape index (κ1) is 15.6. The van der Waals surface area contributed by atoms with Crippen molar-refractivity contribution < 1.29 is 4.79 Å². The lowest BCUT2D eigenvalue weighted by atomic mass is 9.82. The number of nitrogens with zero attached hydrogens (tertiary/aromatic N) is 1. The lowest BCUT2D eigenvalue weighted by Gasteiger charge is -2.31. The van der Waals surface area contributed by atoms with Gasteiger partial charge in [0.15, 0.2) is 0 Å². The summed E-state index contributed by atoms with van der Waals surface area (Å²) in [7, 11) is 0. The molecule has 0 spiro atoms. The zero-order valence-corrected chi connectivity index (χ0v) is 13.0. The van der Waals surface area contributed by atoms with Crippen molar-refractivity contribution >= 4 is 5.91 Å². The quantitative estimate of drug-likeness (QED) is 0.913. The summed E-state index contributed by atoms with van der Waals surface area (Å²) in [6.07, 6.45) is 5.73. The highest BCUT2D eigenvalue weighted by molar-refractivity contribution is 5.95. The molecule has 1 amide bonds. The van der Waals surface area contributed by atoms with Crippen molar-refractivity contribution in [3.05, 3.63) is 35.4 Å². The smallest absolute Gasteiger partial charge is 0.252 e. The van der Waals surface area contributed by atoms with E-state index in [4.69, 9.17) is 0 Å². The average molecular weight is 284 g/mol. The van der Waals surface area contributed by atoms with Crippen LogP contribution in [0.5, 0.6) is 0 Å². The number of amides is 1. The molecule has 1 aromatic carbocycles. The summed E-state index contributed by atoms with van der Waals surface area (Å²) in [6.45, 7) is 4.36. The molecule has 1 aromatic rings. The van der Waals surface area contributed by atoms with Crippen LogP contribution >= 0.6 is 0 Å². The third-order valence-electron chi connectivity index (χ3n) is 4.13. The molecule has 1 fully saturated rings. The Bertz CT molecular complexity index is 519. The Labute approximate surface area is 127 Å². The van der Waals surface area contributed by atoms with Gasteiger partial charge in [-0.15, -0.1) is 0 Å². The van der Waals surface area contributed by atoms with Gasteiger partial charge in [-0.25, -0.2) is 0 Å². The first-order valence-electron chi connectivity index (χ1n) is 7.87. The van der Waals surface area contributed by atoms with E-state index in [1.54, 1.807) is 0 Å². The Kier molecular flexibility index (Phi) is 5.01. The van der Waals surface area contributed by atoms with Gasteiger partial charge in [-0.2, -0.15) is 5.26 Å². The molecule has 2 rings (SSSR count). The SMILES string of the molecule is CC(C)Cc1ccc(C(=O)NC2(C#N)CCCCC2)cc1. The normalized spacial score (nSPS) is 17.2. The van der Waals surface area contributed by atoms with Crippen molar-refractivity contribution in [2.75, 3.05) is 0 Å². The van der Waals surface area contributed by atoms with Gasteiger partial charge in [-0.3, -0.25) is 4.79 Å². The third kappa shape index (κ3) is 4.07. The largest absolute Gasteiger partial charge is 0.334 e. The summed E-state index contributed by atoms with van der Waals surface area (Å²) < 4.78 is 0. The van der Waals surface area contributed by atoms with E-state index in [2.05, 4.69) is 25.2 Å². The molecule has 0 aliphatic heterocycles. The van der Waals surface area contributed by atoms with Crippen molar-refractivity contribution in [2.24, 2.45) is 5.92 Å². The number of nitriles is 1. The van der Waals surface area contributed by atoms with Gasteiger partial charge in [0.05, 0.1) is 6.07 Å². The number of rotatable bonds is 4. The summed E-state index contributed by atoms with van der Waals surface area (Å²) in [5, 5.41) is 12.4. The topological polar surface area (TPSA) is 52.9 Å². The van der Waals surface area contributed by atoms with E-state index < -0.39 is 5.54 Å². The second kappa shape index (κ2) is 6.76. The predicted octanol–water partition coefficient (Wildman–Crippen LogP) is 3.84. The molecule has 1 aliphatic rings. The lowest BCUT2D eigenvalue weighted by Crippen LogP contribution is -2.48. The maximum absolute atomic E-state index is 12.3. The highest BCUT2D eigenvalue weighted by Gasteiger charge is 2.33. The second-order valence-electron chi connectivity index (χ2n) is 6.50. The number of hydrogen-bond donors (Lipinski definition) is 1. The summed E-state index contributed by atoms with van der Waals surface area (Å²) in [6, 6.07) is 10.1. The van der Waals surface area contributed by atoms with Crippen molar-refractivity contribution in [2.45, 2.75) is 57.9 Å². The molecule has 1 aliphatic carbocycles. The van der Waals surface area contributed by atoms with Gasteiger partial charge in [0.2, 0.25) is 0 Å². The zero-order chi connectivity index (χ0) is 15.3. The van der Waals surface area contributed by atoms with Crippen molar-refractivity contribution in [3.63, 3.8) is 0 Å². The van der Waals surface area contributed by atoms with E-state index in [-0.39, 0.29) is 5.91 Å². The Morgan fingerprint density at radius 1 is 1.24 bits per heavy atom. The van der Waals surface area contributed by atoms with Crippen LogP contribution in [-0.2, 0) is 6.42 Å². The Morgan fingerprint density at radius 3 is 2.38 bits per heavy atom. The van der Waals surface area contributed by atoms with E-state index in [0.29, 0.717) is 11.5 Å². The fraction of sp³-hybridized carbons (Fsp3) is 0.556. The van der Waals surface area contributed by atoms with Gasteiger partial charge in [-0.05, 0) is 42.9 Å². The molecule has 112 valence electrons. The first-order chi connectivity index (χ1) is 10.0. The maximum Gasteiger partial charge on any atom is 0.252 e. The average Bonchev–Trinajstić information content (AvgIpc) is 2.48. The van der Waals surface area contributed by atoms with Crippen LogP contribution < -0.4 is 5.32 Å². The first-order valence-corrected chi connectivity index (χ1v) is 7.87. The van der Waals surface area contributed by atoms with Crippen LogP contribution in [0.4, 0.5) is 0 Å². The lowest BCUT2D eigenvalue weighted by molar-refractivity contribution is 0.0902. The highest BCUT2D eigenvalue weighted by Crippen LogP contribution is 2.27. The predicted molar refractivity (Wildman–Crippen MR) is 83.9 cm³/mol. The molecule has 0 atom stereocenters. The van der Waals surface area contributed by atoms with Crippen LogP contribution in [0, 0.1) is 17.2 Å². The minimum atomic E-state index is -0.661. The van der Waals surface area contributed by atoms with Gasteiger partial charge < -0.3 is 5.32 Å². The van der Waals surface area contributed by atoms with Gasteiger partial charge in [0.1, 0.15) is 5.54 Å². The fourth-order valence-corrected chi connectivity index (χ4v) is 2.97. The molecule has 0 aromatic heterocycles. The number of hydrogen-bond acceptors (Lipinski definition) is 2. The molecule has 0 bridgehead atoms. The summed E-state index contributed by atoms with van der Waals surface area (Å²) in [5.41, 5.74) is 1.23. The van der Waals surface area contributed by atoms with Crippen LogP contribution in [0.25, 0.3) is 0 Å². The van der Waals surface area contributed by atoms with Gasteiger partial charge >= 0.3 is 0 Å². The molecule has 3 nitrogen and oxygen atoms in total. The molecule has 21 heavy (non-hydrogen) atoms. The molecule has 0 unspecified atom stereocenters. The van der Waals surface area contributed by atoms with Crippen LogP contribution in [0.2, 0.25) is 0 Å². The minimum Gasteiger partial charge on any atom is -0.334 e. The summed E-state index contributed by atoms with van der Waals surface area (Å²) in [4.78, 5) is 12.3. The summed E-state index contributed by atoms with van der Waals surface area (Å²) in [5.74, 6) is 0.475. The van der Waals surface area contributed by atoms with E-state index in [0.717, 1.165) is 38.5 Å². The second-order valence-corrected chi connectivity index (χ2v) is 6.50. The molecule has 1 N–H and O–H groups in total. The van der Waals surface area contributed by atoms with Crippen LogP contribution in [0.3, 0.4) is 0 Å². The summed E-state index contributed by atoms with van der Waals surface area (Å²) >= 11 is 0. The molecule has 0 radical (unpaired) electrons. The molecule has 3 heteroatoms. The van der Waals surface area contributed by atoms with Gasteiger partial charge in [0.25, 0.3) is 5.91 Å². The Balaban J connectivity index is 2.04. The monoisotopic (exact) mass is 284 g/mol. The van der Waals surface area contributed by atoms with E-state index in [1.807, 2.05) is 24.3 Å². The third-order valence-corrected chi connectivity index (χ3v) is 4.13. The number of carbonyl (C=O) groups excluding carboxylic acids is 1. The molecular formula is C18H24N2O. The number of nitrogens with one attached hydrogen (secondary N) is 1. The van der Waals surface area contributed by atoms with Crippen LogP contribution in [0.15, 0.2) is 24.3 Å². The highest BCUT2D eigenvalue weighted by atomic mass is 16.1.